The lowest BCUT2D eigenvalue weighted by Gasteiger charge is -2.19. The van der Waals surface area contributed by atoms with Crippen LogP contribution in [0.15, 0.2) is 48.6 Å². The fourth-order valence-electron chi connectivity index (χ4n) is 1.82. The van der Waals surface area contributed by atoms with Crippen LogP contribution in [0.1, 0.15) is 18.4 Å². The molecule has 0 aliphatic heterocycles. The molecule has 0 amide bonds. The van der Waals surface area contributed by atoms with Crippen LogP contribution in [0, 0.1) is 5.92 Å². The van der Waals surface area contributed by atoms with Crippen molar-refractivity contribution in [2.75, 3.05) is 0 Å². The summed E-state index contributed by atoms with van der Waals surface area (Å²) in [6.07, 6.45) is 10.0. The van der Waals surface area contributed by atoms with E-state index in [1.165, 1.54) is 5.56 Å². The minimum Gasteiger partial charge on any atom is -0.392 e. The quantitative estimate of drug-likeness (QED) is 0.727. The molecule has 1 nitrogen and oxygen atoms in total. The number of aliphatic hydroxyl groups is 1. The smallest absolute Gasteiger partial charge is 0.0640 e. The average molecular weight is 200 g/mol. The van der Waals surface area contributed by atoms with Crippen molar-refractivity contribution >= 4 is 6.08 Å². The molecule has 0 bridgehead atoms. The van der Waals surface area contributed by atoms with Crippen molar-refractivity contribution in [1.29, 1.82) is 0 Å². The zero-order valence-electron chi connectivity index (χ0n) is 8.71. The summed E-state index contributed by atoms with van der Waals surface area (Å²) >= 11 is 0. The second-order valence-corrected chi connectivity index (χ2v) is 3.92. The van der Waals surface area contributed by atoms with Crippen LogP contribution in [0.2, 0.25) is 0 Å². The van der Waals surface area contributed by atoms with Gasteiger partial charge in [-0.1, -0.05) is 54.6 Å². The van der Waals surface area contributed by atoms with E-state index in [9.17, 15) is 5.11 Å². The molecule has 0 aromatic heterocycles. The molecule has 1 heteroatoms. The molecule has 0 saturated carbocycles. The molecule has 0 heterocycles. The van der Waals surface area contributed by atoms with Crippen LogP contribution >= 0.6 is 0 Å². The maximum atomic E-state index is 9.74. The maximum absolute atomic E-state index is 9.74. The van der Waals surface area contributed by atoms with E-state index in [1.54, 1.807) is 0 Å². The number of allylic oxidation sites excluding steroid dienone is 1. The molecule has 0 fully saturated rings. The first-order valence-corrected chi connectivity index (χ1v) is 5.44. The first-order chi connectivity index (χ1) is 7.36. The Morgan fingerprint density at radius 1 is 1.20 bits per heavy atom. The molecule has 15 heavy (non-hydrogen) atoms. The molecule has 0 radical (unpaired) electrons. The van der Waals surface area contributed by atoms with Crippen molar-refractivity contribution in [3.05, 3.63) is 54.1 Å². The zero-order valence-corrected chi connectivity index (χ0v) is 8.71. The van der Waals surface area contributed by atoms with Crippen molar-refractivity contribution in [2.24, 2.45) is 5.92 Å². The molecule has 2 atom stereocenters. The monoisotopic (exact) mass is 200 g/mol. The van der Waals surface area contributed by atoms with E-state index < -0.39 is 0 Å². The SMILES string of the molecule is OC1CCC=CC1/C=C\c1ccccc1. The van der Waals surface area contributed by atoms with Gasteiger partial charge in [0.2, 0.25) is 0 Å². The van der Waals surface area contributed by atoms with Crippen molar-refractivity contribution in [1.82, 2.24) is 0 Å². The van der Waals surface area contributed by atoms with E-state index in [0.717, 1.165) is 12.8 Å². The van der Waals surface area contributed by atoms with Gasteiger partial charge in [0, 0.05) is 5.92 Å². The number of benzene rings is 1. The lowest BCUT2D eigenvalue weighted by molar-refractivity contribution is 0.135. The topological polar surface area (TPSA) is 20.2 Å². The highest BCUT2D eigenvalue weighted by Gasteiger charge is 2.15. The van der Waals surface area contributed by atoms with E-state index >= 15 is 0 Å². The van der Waals surface area contributed by atoms with Crippen molar-refractivity contribution in [3.63, 3.8) is 0 Å². The predicted octanol–water partition coefficient (Wildman–Crippen LogP) is 3.03. The molecule has 1 aromatic carbocycles. The van der Waals surface area contributed by atoms with Gasteiger partial charge in [-0.15, -0.1) is 0 Å². The highest BCUT2D eigenvalue weighted by atomic mass is 16.3. The van der Waals surface area contributed by atoms with Gasteiger partial charge in [-0.25, -0.2) is 0 Å². The zero-order chi connectivity index (χ0) is 10.5. The molecule has 78 valence electrons. The summed E-state index contributed by atoms with van der Waals surface area (Å²) in [4.78, 5) is 0. The third kappa shape index (κ3) is 2.80. The van der Waals surface area contributed by atoms with Crippen LogP contribution in [-0.2, 0) is 0 Å². The van der Waals surface area contributed by atoms with Gasteiger partial charge in [0.25, 0.3) is 0 Å². The fraction of sp³-hybridized carbons (Fsp3) is 0.286. The summed E-state index contributed by atoms with van der Waals surface area (Å²) in [7, 11) is 0. The number of aliphatic hydroxyl groups excluding tert-OH is 1. The van der Waals surface area contributed by atoms with Crippen LogP contribution < -0.4 is 0 Å². The number of rotatable bonds is 2. The Bertz CT molecular complexity index is 351. The van der Waals surface area contributed by atoms with Crippen LogP contribution in [0.25, 0.3) is 6.08 Å². The Labute approximate surface area is 90.8 Å². The van der Waals surface area contributed by atoms with E-state index in [2.05, 4.69) is 36.4 Å². The largest absolute Gasteiger partial charge is 0.392 e. The molecule has 2 unspecified atom stereocenters. The van der Waals surface area contributed by atoms with Gasteiger partial charge in [0.15, 0.2) is 0 Å². The molecule has 0 spiro atoms. The highest BCUT2D eigenvalue weighted by Crippen LogP contribution is 2.20. The summed E-state index contributed by atoms with van der Waals surface area (Å²) in [6.45, 7) is 0. The van der Waals surface area contributed by atoms with Crippen LogP contribution in [0.4, 0.5) is 0 Å². The Balaban J connectivity index is 2.05. The molecule has 1 N–H and O–H groups in total. The molecular formula is C14H16O. The molecule has 1 aromatic rings. The molecule has 2 rings (SSSR count). The third-order valence-corrected chi connectivity index (χ3v) is 2.74. The summed E-state index contributed by atoms with van der Waals surface area (Å²) in [5, 5.41) is 9.74. The first-order valence-electron chi connectivity index (χ1n) is 5.44. The Morgan fingerprint density at radius 3 is 2.73 bits per heavy atom. The Kier molecular flexibility index (Phi) is 3.36. The van der Waals surface area contributed by atoms with Crippen molar-refractivity contribution < 1.29 is 5.11 Å². The van der Waals surface area contributed by atoms with Gasteiger partial charge in [-0.2, -0.15) is 0 Å². The standard InChI is InChI=1S/C14H16O/c15-14-9-5-4-8-13(14)11-10-12-6-2-1-3-7-12/h1-4,6-8,10-11,13-15H,5,9H2/b11-10-. The van der Waals surface area contributed by atoms with E-state index in [-0.39, 0.29) is 12.0 Å². The summed E-state index contributed by atoms with van der Waals surface area (Å²) in [6, 6.07) is 10.2. The Morgan fingerprint density at radius 2 is 2.00 bits per heavy atom. The minimum absolute atomic E-state index is 0.180. The van der Waals surface area contributed by atoms with Crippen LogP contribution in [0.3, 0.4) is 0 Å². The number of hydrogen-bond acceptors (Lipinski definition) is 1. The molecule has 1 aliphatic carbocycles. The first kappa shape index (κ1) is 10.2. The van der Waals surface area contributed by atoms with Crippen LogP contribution in [0.5, 0.6) is 0 Å². The fourth-order valence-corrected chi connectivity index (χ4v) is 1.82. The summed E-state index contributed by atoms with van der Waals surface area (Å²) in [5.74, 6) is 0.180. The van der Waals surface area contributed by atoms with E-state index in [1.807, 2.05) is 18.2 Å². The van der Waals surface area contributed by atoms with E-state index in [0.29, 0.717) is 0 Å². The average Bonchev–Trinajstić information content (AvgIpc) is 2.29. The molecule has 0 saturated heterocycles. The normalized spacial score (nSPS) is 25.9. The summed E-state index contributed by atoms with van der Waals surface area (Å²) < 4.78 is 0. The van der Waals surface area contributed by atoms with Gasteiger partial charge in [-0.3, -0.25) is 0 Å². The van der Waals surface area contributed by atoms with Crippen molar-refractivity contribution in [2.45, 2.75) is 18.9 Å². The van der Waals surface area contributed by atoms with Gasteiger partial charge in [0.05, 0.1) is 6.10 Å². The lowest BCUT2D eigenvalue weighted by atomic mass is 9.92. The third-order valence-electron chi connectivity index (χ3n) is 2.74. The van der Waals surface area contributed by atoms with Gasteiger partial charge >= 0.3 is 0 Å². The molecular weight excluding hydrogens is 184 g/mol. The van der Waals surface area contributed by atoms with E-state index in [4.69, 9.17) is 0 Å². The Hall–Kier alpha value is -1.34. The minimum atomic E-state index is -0.213. The van der Waals surface area contributed by atoms with Crippen LogP contribution in [-0.4, -0.2) is 11.2 Å². The van der Waals surface area contributed by atoms with Crippen molar-refractivity contribution in [3.8, 4) is 0 Å². The summed E-state index contributed by atoms with van der Waals surface area (Å²) in [5.41, 5.74) is 1.18. The van der Waals surface area contributed by atoms with Gasteiger partial charge in [0.1, 0.15) is 0 Å². The van der Waals surface area contributed by atoms with Gasteiger partial charge in [-0.05, 0) is 18.4 Å². The maximum Gasteiger partial charge on any atom is 0.0640 e. The number of hydrogen-bond donors (Lipinski definition) is 1. The predicted molar refractivity (Wildman–Crippen MR) is 63.3 cm³/mol. The lowest BCUT2D eigenvalue weighted by Crippen LogP contribution is -2.18. The highest BCUT2D eigenvalue weighted by molar-refractivity contribution is 5.49. The second kappa shape index (κ2) is 4.94. The van der Waals surface area contributed by atoms with Gasteiger partial charge < -0.3 is 5.11 Å². The molecule has 1 aliphatic rings. The second-order valence-electron chi connectivity index (χ2n) is 3.92.